The first kappa shape index (κ1) is 6.87. The Bertz CT molecular complexity index is 381. The van der Waals surface area contributed by atoms with Crippen molar-refractivity contribution < 1.29 is 18.3 Å². The van der Waals surface area contributed by atoms with Gasteiger partial charge in [-0.25, -0.2) is 0 Å². The number of hydrogen-bond acceptors (Lipinski definition) is 2. The topological polar surface area (TPSA) is 25.8 Å². The molecule has 2 aromatic heterocycles. The Labute approximate surface area is 74.4 Å². The van der Waals surface area contributed by atoms with Crippen LogP contribution in [0.5, 0.6) is 0 Å². The molecule has 0 aliphatic carbocycles. The van der Waals surface area contributed by atoms with E-state index in [2.05, 4.69) is 28.3 Å². The van der Waals surface area contributed by atoms with Gasteiger partial charge in [0.05, 0.1) is 0 Å². The molecular formula is C8H5N2Rh. The summed E-state index contributed by atoms with van der Waals surface area (Å²) in [4.78, 5) is 8.26. The van der Waals surface area contributed by atoms with Crippen molar-refractivity contribution in [1.82, 2.24) is 9.97 Å². The van der Waals surface area contributed by atoms with Crippen LogP contribution >= 0.6 is 0 Å². The first-order valence-electron chi connectivity index (χ1n) is 3.20. The summed E-state index contributed by atoms with van der Waals surface area (Å²) in [7, 11) is 0. The molecule has 0 aliphatic rings. The molecule has 3 heteroatoms. The molecule has 0 saturated heterocycles. The fourth-order valence-corrected chi connectivity index (χ4v) is 1.42. The van der Waals surface area contributed by atoms with E-state index in [1.807, 2.05) is 18.3 Å². The second kappa shape index (κ2) is 2.67. The zero-order chi connectivity index (χ0) is 7.68. The molecule has 2 heterocycles. The van der Waals surface area contributed by atoms with Gasteiger partial charge in [-0.3, -0.25) is 0 Å². The summed E-state index contributed by atoms with van der Waals surface area (Å²) in [5, 5.41) is 1.08. The number of pyridine rings is 2. The van der Waals surface area contributed by atoms with E-state index < -0.39 is 0 Å². The maximum atomic E-state index is 4.21. The quantitative estimate of drug-likeness (QED) is 0.628. The molecule has 0 atom stereocenters. The molecule has 0 aliphatic heterocycles. The van der Waals surface area contributed by atoms with E-state index in [-0.39, 0.29) is 0 Å². The van der Waals surface area contributed by atoms with Crippen molar-refractivity contribution in [1.29, 1.82) is 0 Å². The minimum atomic E-state index is 0.995. The van der Waals surface area contributed by atoms with Crippen molar-refractivity contribution in [2.75, 3.05) is 0 Å². The SMILES string of the molecule is [Rh][c]1cncc2cccnc12. The third-order valence-corrected chi connectivity index (χ3v) is 2.05. The molecule has 0 radical (unpaired) electrons. The standard InChI is InChI=1S/C8H5N2.Rh/c1-2-7-6-9-5-3-8(7)10-4-1;/h1-2,4-6H;. The molecular weight excluding hydrogens is 227 g/mol. The molecule has 2 nitrogen and oxygen atoms in total. The molecule has 11 heavy (non-hydrogen) atoms. The van der Waals surface area contributed by atoms with Crippen molar-refractivity contribution in [3.05, 3.63) is 30.7 Å². The Hall–Kier alpha value is -0.817. The molecule has 0 saturated carbocycles. The van der Waals surface area contributed by atoms with Gasteiger partial charge in [0, 0.05) is 0 Å². The Balaban J connectivity index is 2.91. The predicted molar refractivity (Wildman–Crippen MR) is 39.2 cm³/mol. The normalized spacial score (nSPS) is 10.4. The first-order chi connectivity index (χ1) is 5.38. The van der Waals surface area contributed by atoms with Gasteiger partial charge in [0.15, 0.2) is 0 Å². The van der Waals surface area contributed by atoms with Gasteiger partial charge in [0.1, 0.15) is 0 Å². The average molecular weight is 232 g/mol. The third-order valence-electron chi connectivity index (χ3n) is 1.45. The summed E-state index contributed by atoms with van der Waals surface area (Å²) in [6.45, 7) is 0. The third kappa shape index (κ3) is 1.16. The molecule has 0 spiro atoms. The summed E-state index contributed by atoms with van der Waals surface area (Å²) in [6, 6.07) is 3.91. The van der Waals surface area contributed by atoms with Gasteiger partial charge >= 0.3 is 74.1 Å². The van der Waals surface area contributed by atoms with Crippen molar-refractivity contribution >= 4 is 15.1 Å². The van der Waals surface area contributed by atoms with Gasteiger partial charge in [0.25, 0.3) is 0 Å². The fraction of sp³-hybridized carbons (Fsp3) is 0. The van der Waals surface area contributed by atoms with Crippen LogP contribution in [-0.2, 0) is 18.3 Å². The van der Waals surface area contributed by atoms with Crippen LogP contribution in [0, 0.1) is 0 Å². The average Bonchev–Trinajstić information content (AvgIpc) is 2.06. The van der Waals surface area contributed by atoms with E-state index in [0.29, 0.717) is 0 Å². The fourth-order valence-electron chi connectivity index (χ4n) is 0.953. The van der Waals surface area contributed by atoms with Crippen LogP contribution in [0.15, 0.2) is 30.7 Å². The predicted octanol–water partition coefficient (Wildman–Crippen LogP) is 0.802. The van der Waals surface area contributed by atoms with Gasteiger partial charge in [-0.1, -0.05) is 0 Å². The van der Waals surface area contributed by atoms with Gasteiger partial charge in [-0.15, -0.1) is 0 Å². The summed E-state index contributed by atoms with van der Waals surface area (Å²) >= 11 is 2.81. The molecule has 0 bridgehead atoms. The van der Waals surface area contributed by atoms with E-state index in [4.69, 9.17) is 0 Å². The zero-order valence-electron chi connectivity index (χ0n) is 5.61. The molecule has 2 aromatic rings. The van der Waals surface area contributed by atoms with Crippen LogP contribution in [0.25, 0.3) is 10.9 Å². The second-order valence-electron chi connectivity index (χ2n) is 2.17. The molecule has 0 N–H and O–H groups in total. The van der Waals surface area contributed by atoms with E-state index in [0.717, 1.165) is 15.1 Å². The molecule has 0 unspecified atom stereocenters. The number of aromatic nitrogens is 2. The number of nitrogens with zero attached hydrogens (tertiary/aromatic N) is 2. The van der Waals surface area contributed by atoms with Crippen LogP contribution in [0.1, 0.15) is 0 Å². The summed E-state index contributed by atoms with van der Waals surface area (Å²) < 4.78 is 1.02. The molecule has 0 amide bonds. The second-order valence-corrected chi connectivity index (χ2v) is 3.06. The van der Waals surface area contributed by atoms with Crippen molar-refractivity contribution in [3.8, 4) is 0 Å². The van der Waals surface area contributed by atoms with Crippen LogP contribution in [0.4, 0.5) is 0 Å². The van der Waals surface area contributed by atoms with Crippen LogP contribution in [0.2, 0.25) is 0 Å². The molecule has 56 valence electrons. The van der Waals surface area contributed by atoms with E-state index >= 15 is 0 Å². The van der Waals surface area contributed by atoms with E-state index in [1.54, 1.807) is 12.4 Å². The van der Waals surface area contributed by atoms with Crippen LogP contribution < -0.4 is 4.16 Å². The van der Waals surface area contributed by atoms with Gasteiger partial charge in [-0.05, 0) is 0 Å². The van der Waals surface area contributed by atoms with E-state index in [9.17, 15) is 0 Å². The Morgan fingerprint density at radius 3 is 3.00 bits per heavy atom. The maximum absolute atomic E-state index is 4.21. The Kier molecular flexibility index (Phi) is 1.67. The van der Waals surface area contributed by atoms with Gasteiger partial charge in [0.2, 0.25) is 0 Å². The van der Waals surface area contributed by atoms with E-state index in [1.165, 1.54) is 0 Å². The monoisotopic (exact) mass is 232 g/mol. The molecule has 0 aromatic carbocycles. The van der Waals surface area contributed by atoms with Gasteiger partial charge in [-0.2, -0.15) is 0 Å². The van der Waals surface area contributed by atoms with Crippen molar-refractivity contribution in [2.45, 2.75) is 0 Å². The van der Waals surface area contributed by atoms with Crippen molar-refractivity contribution in [3.63, 3.8) is 0 Å². The summed E-state index contributed by atoms with van der Waals surface area (Å²) in [5.41, 5.74) is 0.995. The molecule has 0 fully saturated rings. The number of hydrogen-bond donors (Lipinski definition) is 0. The van der Waals surface area contributed by atoms with Crippen LogP contribution in [0.3, 0.4) is 0 Å². The number of rotatable bonds is 0. The number of fused-ring (bicyclic) bond motifs is 1. The Morgan fingerprint density at radius 1 is 1.27 bits per heavy atom. The van der Waals surface area contributed by atoms with Crippen LogP contribution in [-0.4, -0.2) is 9.97 Å². The Morgan fingerprint density at radius 2 is 2.18 bits per heavy atom. The summed E-state index contributed by atoms with van der Waals surface area (Å²) in [6.07, 6.45) is 5.37. The summed E-state index contributed by atoms with van der Waals surface area (Å²) in [5.74, 6) is 0. The van der Waals surface area contributed by atoms with Crippen molar-refractivity contribution in [2.24, 2.45) is 0 Å². The first-order valence-corrected chi connectivity index (χ1v) is 4.02. The zero-order valence-corrected chi connectivity index (χ0v) is 7.25. The van der Waals surface area contributed by atoms with Gasteiger partial charge < -0.3 is 0 Å². The molecule has 2 rings (SSSR count). The minimum absolute atomic E-state index is 0.995.